The summed E-state index contributed by atoms with van der Waals surface area (Å²) in [6, 6.07) is 17.0. The number of hydrogen-bond acceptors (Lipinski definition) is 9. The second kappa shape index (κ2) is 19.1. The molecule has 4 aliphatic rings. The molecule has 2 aromatic heterocycles. The minimum atomic E-state index is -0.994. The third-order valence-electron chi connectivity index (χ3n) is 14.4. The summed E-state index contributed by atoms with van der Waals surface area (Å²) < 4.78 is 14.3. The predicted octanol–water partition coefficient (Wildman–Crippen LogP) is 7.01. The number of aryl methyl sites for hydroxylation is 1. The number of pyridine rings is 1. The van der Waals surface area contributed by atoms with E-state index in [-0.39, 0.29) is 54.5 Å². The molecule has 6 bridgehead atoms. The van der Waals surface area contributed by atoms with Crippen molar-refractivity contribution < 1.29 is 33.4 Å². The maximum atomic E-state index is 14.7. The van der Waals surface area contributed by atoms with Crippen molar-refractivity contribution in [3.63, 3.8) is 0 Å². The van der Waals surface area contributed by atoms with E-state index >= 15 is 0 Å². The van der Waals surface area contributed by atoms with E-state index in [4.69, 9.17) is 14.5 Å². The van der Waals surface area contributed by atoms with Gasteiger partial charge in [0, 0.05) is 79.6 Å². The molecule has 1 aliphatic carbocycles. The Kier molecular flexibility index (Phi) is 13.5. The number of nitrogens with zero attached hydrogens (tertiary/aromatic N) is 4. The van der Waals surface area contributed by atoms with E-state index < -0.39 is 35.3 Å². The predicted molar refractivity (Wildman–Crippen MR) is 249 cm³/mol. The Labute approximate surface area is 382 Å². The van der Waals surface area contributed by atoms with Crippen LogP contribution in [0.4, 0.5) is 0 Å². The number of benzene rings is 2. The van der Waals surface area contributed by atoms with Gasteiger partial charge >= 0.3 is 5.97 Å². The summed E-state index contributed by atoms with van der Waals surface area (Å²) in [7, 11) is 1.69. The molecule has 65 heavy (non-hydrogen) atoms. The first-order chi connectivity index (χ1) is 31.2. The van der Waals surface area contributed by atoms with Crippen LogP contribution >= 0.6 is 0 Å². The Bertz CT molecular complexity index is 2490. The van der Waals surface area contributed by atoms with Crippen LogP contribution in [0, 0.1) is 29.1 Å². The lowest BCUT2D eigenvalue weighted by molar-refractivity contribution is -0.155. The van der Waals surface area contributed by atoms with Gasteiger partial charge in [0.25, 0.3) is 5.91 Å². The Morgan fingerprint density at radius 1 is 1.05 bits per heavy atom. The van der Waals surface area contributed by atoms with E-state index in [2.05, 4.69) is 79.1 Å². The SMILES string of the molecule is C=CC(=O)N1CC[C@H](C(=O)C2CC[C@H](C)[C@H]2C(=O)N[C@H]2Cc3cccc(c3)-c3ccc4c(c3)c(c(-c3cccnc3[C@H](C)OC)n4CC)CC(C)(C)COC(=O)[C@@H]3CCCN(N3)C2=O)C1. The highest BCUT2D eigenvalue weighted by molar-refractivity contribution is 5.96. The van der Waals surface area contributed by atoms with Crippen LogP contribution in [-0.4, -0.2) is 94.4 Å². The van der Waals surface area contributed by atoms with E-state index in [1.807, 2.05) is 32.0 Å². The number of carbonyl (C=O) groups excluding carboxylic acids is 5. The molecule has 2 N–H and O–H groups in total. The van der Waals surface area contributed by atoms with Crippen LogP contribution in [0.5, 0.6) is 0 Å². The van der Waals surface area contributed by atoms with Crippen LogP contribution in [0.25, 0.3) is 33.3 Å². The van der Waals surface area contributed by atoms with Gasteiger partial charge in [0.05, 0.1) is 30.0 Å². The fourth-order valence-electron chi connectivity index (χ4n) is 10.8. The van der Waals surface area contributed by atoms with Gasteiger partial charge in [-0.1, -0.05) is 57.7 Å². The van der Waals surface area contributed by atoms with Crippen molar-refractivity contribution in [1.29, 1.82) is 0 Å². The second-order valence-electron chi connectivity index (χ2n) is 19.4. The highest BCUT2D eigenvalue weighted by Crippen LogP contribution is 2.43. The Morgan fingerprint density at radius 3 is 2.62 bits per heavy atom. The van der Waals surface area contributed by atoms with Crippen molar-refractivity contribution in [2.75, 3.05) is 33.4 Å². The Morgan fingerprint density at radius 2 is 1.85 bits per heavy atom. The summed E-state index contributed by atoms with van der Waals surface area (Å²) in [6.07, 6.45) is 6.49. The fourth-order valence-corrected chi connectivity index (χ4v) is 10.8. The summed E-state index contributed by atoms with van der Waals surface area (Å²) in [4.78, 5) is 76.1. The van der Waals surface area contributed by atoms with Gasteiger partial charge in [0.15, 0.2) is 0 Å². The van der Waals surface area contributed by atoms with Crippen molar-refractivity contribution in [3.05, 3.63) is 90.3 Å². The zero-order chi connectivity index (χ0) is 46.2. The number of hydrazine groups is 1. The van der Waals surface area contributed by atoms with Crippen molar-refractivity contribution in [2.45, 2.75) is 104 Å². The first-order valence-corrected chi connectivity index (χ1v) is 23.4. The van der Waals surface area contributed by atoms with Gasteiger partial charge < -0.3 is 24.3 Å². The van der Waals surface area contributed by atoms with E-state index in [1.165, 1.54) is 11.1 Å². The van der Waals surface area contributed by atoms with Crippen LogP contribution in [0.3, 0.4) is 0 Å². The summed E-state index contributed by atoms with van der Waals surface area (Å²) >= 11 is 0. The topological polar surface area (TPSA) is 152 Å². The number of nitrogens with one attached hydrogen (secondary N) is 2. The number of rotatable bonds is 9. The number of esters is 1. The van der Waals surface area contributed by atoms with E-state index in [9.17, 15) is 24.0 Å². The average Bonchev–Trinajstić information content (AvgIpc) is 4.05. The number of methoxy groups -OCH3 is 1. The number of ketones is 1. The largest absolute Gasteiger partial charge is 0.464 e. The number of fused-ring (bicyclic) bond motifs is 6. The molecule has 2 aromatic carbocycles. The molecule has 2 saturated heterocycles. The molecule has 0 radical (unpaired) electrons. The lowest BCUT2D eigenvalue weighted by atomic mass is 9.81. The molecular weight excluding hydrogens is 821 g/mol. The molecule has 3 aliphatic heterocycles. The zero-order valence-corrected chi connectivity index (χ0v) is 38.7. The van der Waals surface area contributed by atoms with E-state index in [1.54, 1.807) is 18.2 Å². The quantitative estimate of drug-likeness (QED) is 0.134. The normalized spacial score (nSPS) is 25.2. The summed E-state index contributed by atoms with van der Waals surface area (Å²) in [5.74, 6) is -2.89. The third kappa shape index (κ3) is 9.27. The molecule has 3 amide bonds. The third-order valence-corrected chi connectivity index (χ3v) is 14.4. The van der Waals surface area contributed by atoms with Crippen LogP contribution in [0.2, 0.25) is 0 Å². The maximum absolute atomic E-state index is 14.7. The van der Waals surface area contributed by atoms with Gasteiger partial charge in [0.2, 0.25) is 11.8 Å². The monoisotopic (exact) mass is 884 g/mol. The first-order valence-electron chi connectivity index (χ1n) is 23.4. The number of carbonyl (C=O) groups is 5. The highest BCUT2D eigenvalue weighted by Gasteiger charge is 2.47. The van der Waals surface area contributed by atoms with Crippen molar-refractivity contribution in [3.8, 4) is 22.4 Å². The van der Waals surface area contributed by atoms with Crippen LogP contribution in [0.1, 0.15) is 89.6 Å². The molecule has 4 aromatic rings. The Balaban J connectivity index is 1.18. The molecule has 8 rings (SSSR count). The number of hydrogen-bond donors (Lipinski definition) is 2. The number of amides is 3. The molecule has 13 nitrogen and oxygen atoms in total. The van der Waals surface area contributed by atoms with Gasteiger partial charge in [-0.3, -0.25) is 34.0 Å². The first kappa shape index (κ1) is 45.9. The van der Waals surface area contributed by atoms with Gasteiger partial charge in [-0.2, -0.15) is 0 Å². The minimum Gasteiger partial charge on any atom is -0.464 e. The van der Waals surface area contributed by atoms with E-state index in [0.717, 1.165) is 50.1 Å². The minimum absolute atomic E-state index is 0.00626. The molecule has 344 valence electrons. The zero-order valence-electron chi connectivity index (χ0n) is 38.7. The van der Waals surface area contributed by atoms with Crippen molar-refractivity contribution >= 4 is 40.4 Å². The molecule has 7 atom stereocenters. The summed E-state index contributed by atoms with van der Waals surface area (Å²) in [5, 5.41) is 5.69. The lowest BCUT2D eigenvalue weighted by Crippen LogP contribution is -2.61. The number of ether oxygens (including phenoxy) is 2. The molecule has 13 heteroatoms. The molecule has 3 fully saturated rings. The van der Waals surface area contributed by atoms with Gasteiger partial charge in [-0.25, -0.2) is 5.43 Å². The number of cyclic esters (lactones) is 1. The van der Waals surface area contributed by atoms with Gasteiger partial charge in [-0.05, 0) is 111 Å². The molecule has 5 heterocycles. The van der Waals surface area contributed by atoms with E-state index in [0.29, 0.717) is 64.7 Å². The molecular formula is C52H64N6O7. The number of aromatic nitrogens is 2. The lowest BCUT2D eigenvalue weighted by Gasteiger charge is -2.36. The van der Waals surface area contributed by atoms with Gasteiger partial charge in [0.1, 0.15) is 17.9 Å². The average molecular weight is 885 g/mol. The molecule has 1 saturated carbocycles. The second-order valence-corrected chi connectivity index (χ2v) is 19.4. The van der Waals surface area contributed by atoms with Crippen LogP contribution < -0.4 is 10.7 Å². The highest BCUT2D eigenvalue weighted by atomic mass is 16.5. The van der Waals surface area contributed by atoms with Crippen molar-refractivity contribution in [2.24, 2.45) is 29.1 Å². The summed E-state index contributed by atoms with van der Waals surface area (Å²) in [6.45, 7) is 16.0. The molecule has 0 spiro atoms. The van der Waals surface area contributed by atoms with Crippen LogP contribution in [0.15, 0.2) is 73.4 Å². The fraction of sp³-hybridized carbons (Fsp3) is 0.500. The standard InChI is InChI=1S/C52H64N6O7/c1-8-44(59)56-24-21-36(29-56)48(60)37-19-17-31(3)45(37)49(61)54-42-26-33-13-10-14-34(25-33)35-18-20-43-39(27-35)40(47(57(43)9-2)38-15-11-22-53-46(38)32(4)64-7)28-52(5,6)30-65-51(63)41-16-12-23-58(55-41)50(42)62/h8,10-11,13-15,18,20,22,25,27,31-32,36-37,41-42,45,55H,1,9,12,16-17,19,21,23-24,26,28-30H2,2-7H3,(H,54,61)/t31-,32-,36-,37?,41-,42-,45+/m0/s1. The Hall–Kier alpha value is -5.66. The van der Waals surface area contributed by atoms with Crippen LogP contribution in [-0.2, 0) is 52.8 Å². The number of likely N-dealkylation sites (tertiary alicyclic amines) is 1. The maximum Gasteiger partial charge on any atom is 0.324 e. The smallest absolute Gasteiger partial charge is 0.324 e. The summed E-state index contributed by atoms with van der Waals surface area (Å²) in [5.41, 5.74) is 10.6. The molecule has 1 unspecified atom stereocenters. The van der Waals surface area contributed by atoms with Crippen molar-refractivity contribution in [1.82, 2.24) is 30.2 Å². The van der Waals surface area contributed by atoms with Gasteiger partial charge in [-0.15, -0.1) is 0 Å². The number of Topliss-reactive ketones (excluding diaryl/α,β-unsaturated/α-hetero) is 1.